The molecule has 0 aromatic carbocycles. The molecule has 0 fully saturated rings. The van der Waals surface area contributed by atoms with Crippen molar-refractivity contribution in [2.75, 3.05) is 0 Å². The predicted octanol–water partition coefficient (Wildman–Crippen LogP) is 2.62. The van der Waals surface area contributed by atoms with Gasteiger partial charge >= 0.3 is 0 Å². The van der Waals surface area contributed by atoms with Gasteiger partial charge < -0.3 is 0 Å². The number of aromatic amines is 1. The normalized spacial score (nSPS) is 11.8. The van der Waals surface area contributed by atoms with Crippen LogP contribution in [-0.4, -0.2) is 35.0 Å². The van der Waals surface area contributed by atoms with Gasteiger partial charge in [0, 0.05) is 17.8 Å². The summed E-state index contributed by atoms with van der Waals surface area (Å²) in [7, 11) is 0. The molecule has 0 aliphatic rings. The molecule has 8 nitrogen and oxygen atoms in total. The molecule has 0 unspecified atom stereocenters. The summed E-state index contributed by atoms with van der Waals surface area (Å²) >= 11 is 1.61. The van der Waals surface area contributed by atoms with Crippen LogP contribution in [0.5, 0.6) is 0 Å². The lowest BCUT2D eigenvalue weighted by Crippen LogP contribution is -2.17. The third-order valence-corrected chi connectivity index (χ3v) is 4.70. The molecule has 4 rings (SSSR count). The number of rotatable bonds is 4. The third kappa shape index (κ3) is 3.04. The Bertz CT molecular complexity index is 1140. The molecule has 0 atom stereocenters. The monoisotopic (exact) mass is 365 g/mol. The number of pyridine rings is 1. The summed E-state index contributed by atoms with van der Waals surface area (Å²) in [4.78, 5) is 21.5. The molecule has 4 heterocycles. The Balaban J connectivity index is 1.66. The van der Waals surface area contributed by atoms with E-state index in [2.05, 4.69) is 49.8 Å². The summed E-state index contributed by atoms with van der Waals surface area (Å²) in [6.07, 6.45) is 7.08. The van der Waals surface area contributed by atoms with Crippen molar-refractivity contribution >= 4 is 29.1 Å². The summed E-state index contributed by atoms with van der Waals surface area (Å²) < 4.78 is 1.46. The second-order valence-corrected chi connectivity index (χ2v) is 6.89. The molecule has 0 radical (unpaired) electrons. The molecule has 0 aliphatic carbocycles. The van der Waals surface area contributed by atoms with E-state index in [0.29, 0.717) is 17.1 Å². The van der Waals surface area contributed by atoms with Crippen LogP contribution >= 0.6 is 11.3 Å². The van der Waals surface area contributed by atoms with Crippen molar-refractivity contribution in [3.05, 3.63) is 56.5 Å². The quantitative estimate of drug-likeness (QED) is 0.596. The average Bonchev–Trinajstić information content (AvgIpc) is 3.32. The van der Waals surface area contributed by atoms with Crippen molar-refractivity contribution in [2.45, 2.75) is 19.8 Å². The molecule has 0 amide bonds. The molecule has 130 valence electrons. The maximum absolute atomic E-state index is 12.6. The van der Waals surface area contributed by atoms with Crippen LogP contribution in [-0.2, 0) is 0 Å². The second kappa shape index (κ2) is 6.60. The van der Waals surface area contributed by atoms with Crippen molar-refractivity contribution in [2.24, 2.45) is 0 Å². The summed E-state index contributed by atoms with van der Waals surface area (Å²) in [5.74, 6) is 0.643. The summed E-state index contributed by atoms with van der Waals surface area (Å²) in [5.41, 5.74) is 2.63. The predicted molar refractivity (Wildman–Crippen MR) is 99.8 cm³/mol. The maximum Gasteiger partial charge on any atom is 0.269 e. The van der Waals surface area contributed by atoms with Crippen LogP contribution in [0.25, 0.3) is 29.2 Å². The van der Waals surface area contributed by atoms with Gasteiger partial charge in [-0.15, -0.1) is 21.5 Å². The lowest BCUT2D eigenvalue weighted by Gasteiger charge is -2.02. The lowest BCUT2D eigenvalue weighted by molar-refractivity contribution is 0.832. The SMILES string of the molecule is CC(C)c1csc(/C=C/c2ccn3c(=O)c(-c4nn[nH]n4)cnc3c2)n1. The molecule has 0 saturated carbocycles. The molecule has 4 aromatic rings. The number of H-pyrrole nitrogens is 1. The van der Waals surface area contributed by atoms with Gasteiger partial charge in [0.15, 0.2) is 0 Å². The van der Waals surface area contributed by atoms with Gasteiger partial charge in [0.2, 0.25) is 5.82 Å². The molecular weight excluding hydrogens is 350 g/mol. The van der Waals surface area contributed by atoms with E-state index < -0.39 is 0 Å². The van der Waals surface area contributed by atoms with Gasteiger partial charge in [0.1, 0.15) is 16.2 Å². The van der Waals surface area contributed by atoms with Crippen molar-refractivity contribution < 1.29 is 0 Å². The minimum Gasteiger partial charge on any atom is -0.268 e. The number of nitrogens with one attached hydrogen (secondary N) is 1. The van der Waals surface area contributed by atoms with E-state index in [1.54, 1.807) is 17.5 Å². The first-order valence-electron chi connectivity index (χ1n) is 8.00. The zero-order chi connectivity index (χ0) is 18.1. The van der Waals surface area contributed by atoms with E-state index in [1.165, 1.54) is 10.6 Å². The zero-order valence-corrected chi connectivity index (χ0v) is 14.9. The van der Waals surface area contributed by atoms with Crippen molar-refractivity contribution in [1.29, 1.82) is 0 Å². The number of tetrazole rings is 1. The van der Waals surface area contributed by atoms with Crippen LogP contribution in [0, 0.1) is 0 Å². The van der Waals surface area contributed by atoms with Crippen LogP contribution in [0.15, 0.2) is 34.7 Å². The number of aromatic nitrogens is 7. The molecule has 9 heteroatoms. The average molecular weight is 365 g/mol. The number of hydrogen-bond donors (Lipinski definition) is 1. The van der Waals surface area contributed by atoms with E-state index in [-0.39, 0.29) is 11.4 Å². The minimum absolute atomic E-state index is 0.227. The molecule has 1 N–H and O–H groups in total. The van der Waals surface area contributed by atoms with Crippen molar-refractivity contribution in [3.63, 3.8) is 0 Å². The van der Waals surface area contributed by atoms with E-state index >= 15 is 0 Å². The number of thiazole rings is 1. The van der Waals surface area contributed by atoms with Crippen LogP contribution in [0.4, 0.5) is 0 Å². The van der Waals surface area contributed by atoms with Crippen LogP contribution < -0.4 is 5.56 Å². The molecule has 4 aromatic heterocycles. The van der Waals surface area contributed by atoms with Gasteiger partial charge in [-0.2, -0.15) is 5.21 Å². The Morgan fingerprint density at radius 1 is 1.31 bits per heavy atom. The van der Waals surface area contributed by atoms with Crippen LogP contribution in [0.3, 0.4) is 0 Å². The second-order valence-electron chi connectivity index (χ2n) is 6.00. The summed E-state index contributed by atoms with van der Waals surface area (Å²) in [6.45, 7) is 4.25. The van der Waals surface area contributed by atoms with E-state index in [0.717, 1.165) is 16.3 Å². The number of hydrogen-bond acceptors (Lipinski definition) is 7. The highest BCUT2D eigenvalue weighted by Crippen LogP contribution is 2.19. The molecule has 0 bridgehead atoms. The van der Waals surface area contributed by atoms with E-state index in [4.69, 9.17) is 0 Å². The fourth-order valence-corrected chi connectivity index (χ4v) is 3.30. The summed E-state index contributed by atoms with van der Waals surface area (Å²) in [6, 6.07) is 3.69. The lowest BCUT2D eigenvalue weighted by atomic mass is 10.2. The van der Waals surface area contributed by atoms with E-state index in [1.807, 2.05) is 24.3 Å². The molecular formula is C17H15N7OS. The van der Waals surface area contributed by atoms with Gasteiger partial charge in [0.05, 0.1) is 5.69 Å². The highest BCUT2D eigenvalue weighted by atomic mass is 32.1. The Labute approximate surface area is 152 Å². The first kappa shape index (κ1) is 16.3. The standard InChI is InChI=1S/C17H15N7OS/c1-10(2)13-9-26-15(19-13)4-3-11-5-6-24-14(7-11)18-8-12(17(24)25)16-20-22-23-21-16/h3-10H,1-2H3,(H,20,21,22,23)/b4-3+. The molecule has 0 spiro atoms. The Kier molecular flexibility index (Phi) is 4.13. The van der Waals surface area contributed by atoms with Crippen molar-refractivity contribution in [1.82, 2.24) is 35.0 Å². The van der Waals surface area contributed by atoms with Gasteiger partial charge in [0.25, 0.3) is 5.56 Å². The van der Waals surface area contributed by atoms with Gasteiger partial charge in [-0.25, -0.2) is 9.97 Å². The summed E-state index contributed by atoms with van der Waals surface area (Å²) in [5, 5.41) is 16.5. The first-order chi connectivity index (χ1) is 12.6. The highest BCUT2D eigenvalue weighted by Gasteiger charge is 2.11. The van der Waals surface area contributed by atoms with Crippen LogP contribution in [0.2, 0.25) is 0 Å². The highest BCUT2D eigenvalue weighted by molar-refractivity contribution is 7.10. The van der Waals surface area contributed by atoms with Crippen LogP contribution in [0.1, 0.15) is 36.0 Å². The number of fused-ring (bicyclic) bond motifs is 1. The topological polar surface area (TPSA) is 102 Å². The smallest absolute Gasteiger partial charge is 0.268 e. The Morgan fingerprint density at radius 3 is 2.92 bits per heavy atom. The zero-order valence-electron chi connectivity index (χ0n) is 14.1. The Hall–Kier alpha value is -3.20. The fraction of sp³-hybridized carbons (Fsp3) is 0.176. The Morgan fingerprint density at radius 2 is 2.19 bits per heavy atom. The van der Waals surface area contributed by atoms with Gasteiger partial charge in [-0.05, 0) is 34.9 Å². The third-order valence-electron chi connectivity index (χ3n) is 3.87. The largest absolute Gasteiger partial charge is 0.269 e. The van der Waals surface area contributed by atoms with E-state index in [9.17, 15) is 4.79 Å². The number of nitrogens with zero attached hydrogens (tertiary/aromatic N) is 6. The molecule has 26 heavy (non-hydrogen) atoms. The minimum atomic E-state index is -0.242. The molecule has 0 aliphatic heterocycles. The van der Waals surface area contributed by atoms with Gasteiger partial charge in [-0.3, -0.25) is 9.20 Å². The van der Waals surface area contributed by atoms with Crippen molar-refractivity contribution in [3.8, 4) is 11.4 Å². The van der Waals surface area contributed by atoms with Gasteiger partial charge in [-0.1, -0.05) is 19.9 Å². The maximum atomic E-state index is 12.6. The molecule has 0 saturated heterocycles. The first-order valence-corrected chi connectivity index (χ1v) is 8.88. The fourth-order valence-electron chi connectivity index (χ4n) is 2.43.